The van der Waals surface area contributed by atoms with Crippen LogP contribution in [-0.2, 0) is 0 Å². The predicted octanol–water partition coefficient (Wildman–Crippen LogP) is 2.70. The molecule has 0 aliphatic carbocycles. The highest BCUT2D eigenvalue weighted by molar-refractivity contribution is 5.92. The minimum absolute atomic E-state index is 0.255. The molecular weight excluding hydrogens is 288 g/mol. The normalized spacial score (nSPS) is 11.7. The van der Waals surface area contributed by atoms with Gasteiger partial charge in [-0.05, 0) is 30.7 Å². The molecule has 0 bridgehead atoms. The van der Waals surface area contributed by atoms with E-state index in [1.165, 1.54) is 0 Å². The fourth-order valence-electron chi connectivity index (χ4n) is 2.31. The minimum Gasteiger partial charge on any atom is -0.338 e. The number of carbonyl (C=O) groups excluding carboxylic acids is 1. The van der Waals surface area contributed by atoms with E-state index in [1.807, 2.05) is 48.5 Å². The van der Waals surface area contributed by atoms with Gasteiger partial charge >= 0.3 is 0 Å². The van der Waals surface area contributed by atoms with Crippen molar-refractivity contribution in [3.63, 3.8) is 0 Å². The second kappa shape index (κ2) is 6.79. The van der Waals surface area contributed by atoms with Crippen LogP contribution in [0.15, 0.2) is 67.0 Å². The number of hydrogen-bond donors (Lipinski definition) is 1. The lowest BCUT2D eigenvalue weighted by molar-refractivity contribution is 0.0937. The zero-order chi connectivity index (χ0) is 16.1. The maximum atomic E-state index is 12.5. The Hall–Kier alpha value is -3.08. The lowest BCUT2D eigenvalue weighted by Crippen LogP contribution is -2.30. The van der Waals surface area contributed by atoms with Crippen molar-refractivity contribution >= 4 is 5.91 Å². The third-order valence-electron chi connectivity index (χ3n) is 3.40. The summed E-state index contributed by atoms with van der Waals surface area (Å²) < 4.78 is 0. The van der Waals surface area contributed by atoms with Gasteiger partial charge in [-0.15, -0.1) is 0 Å². The van der Waals surface area contributed by atoms with Crippen molar-refractivity contribution in [3.05, 3.63) is 89.8 Å². The Kier molecular flexibility index (Phi) is 4.38. The SMILES string of the molecule is Cc1nccc(C(=O)NC(c2ccccc2)c2ccccn2)n1. The van der Waals surface area contributed by atoms with Gasteiger partial charge in [0.1, 0.15) is 11.5 Å². The first-order chi connectivity index (χ1) is 11.2. The standard InChI is InChI=1S/C18H16N4O/c1-13-19-12-10-16(21-13)18(23)22-17(14-7-3-2-4-8-14)15-9-5-6-11-20-15/h2-12,17H,1H3,(H,22,23). The molecule has 1 unspecified atom stereocenters. The quantitative estimate of drug-likeness (QED) is 0.804. The van der Waals surface area contributed by atoms with Crippen LogP contribution in [0.1, 0.15) is 33.6 Å². The Bertz CT molecular complexity index is 751. The highest BCUT2D eigenvalue weighted by atomic mass is 16.1. The van der Waals surface area contributed by atoms with Gasteiger partial charge < -0.3 is 5.32 Å². The molecule has 23 heavy (non-hydrogen) atoms. The molecule has 2 aromatic heterocycles. The zero-order valence-electron chi connectivity index (χ0n) is 12.7. The highest BCUT2D eigenvalue weighted by Gasteiger charge is 2.19. The van der Waals surface area contributed by atoms with Crippen LogP contribution in [0.5, 0.6) is 0 Å². The summed E-state index contributed by atoms with van der Waals surface area (Å²) in [7, 11) is 0. The molecule has 0 fully saturated rings. The summed E-state index contributed by atoms with van der Waals surface area (Å²) in [5, 5.41) is 3.00. The second-order valence-corrected chi connectivity index (χ2v) is 5.06. The predicted molar refractivity (Wildman–Crippen MR) is 86.8 cm³/mol. The Balaban J connectivity index is 1.92. The Labute approximate surface area is 134 Å². The number of benzene rings is 1. The smallest absolute Gasteiger partial charge is 0.270 e. The minimum atomic E-state index is -0.333. The van der Waals surface area contributed by atoms with Crippen LogP contribution in [0.25, 0.3) is 0 Å². The summed E-state index contributed by atoms with van der Waals surface area (Å²) in [5.74, 6) is 0.307. The van der Waals surface area contributed by atoms with E-state index in [-0.39, 0.29) is 11.9 Å². The molecule has 0 spiro atoms. The molecule has 1 amide bonds. The maximum absolute atomic E-state index is 12.5. The molecule has 0 radical (unpaired) electrons. The monoisotopic (exact) mass is 304 g/mol. The van der Waals surface area contributed by atoms with Crippen LogP contribution in [0.4, 0.5) is 0 Å². The van der Waals surface area contributed by atoms with Gasteiger partial charge in [-0.25, -0.2) is 9.97 Å². The van der Waals surface area contributed by atoms with Gasteiger partial charge in [-0.2, -0.15) is 0 Å². The lowest BCUT2D eigenvalue weighted by Gasteiger charge is -2.18. The van der Waals surface area contributed by atoms with E-state index < -0.39 is 0 Å². The van der Waals surface area contributed by atoms with Crippen LogP contribution in [0.3, 0.4) is 0 Å². The number of rotatable bonds is 4. The summed E-state index contributed by atoms with van der Waals surface area (Å²) in [6.07, 6.45) is 3.29. The molecular formula is C18H16N4O. The first kappa shape index (κ1) is 14.8. The molecule has 3 aromatic rings. The van der Waals surface area contributed by atoms with Crippen molar-refractivity contribution < 1.29 is 4.79 Å². The fourth-order valence-corrected chi connectivity index (χ4v) is 2.31. The molecule has 1 aromatic carbocycles. The first-order valence-corrected chi connectivity index (χ1v) is 7.30. The van der Waals surface area contributed by atoms with E-state index in [2.05, 4.69) is 20.3 Å². The molecule has 0 saturated heterocycles. The van der Waals surface area contributed by atoms with Crippen molar-refractivity contribution in [2.75, 3.05) is 0 Å². The van der Waals surface area contributed by atoms with Gasteiger partial charge in [-0.3, -0.25) is 9.78 Å². The van der Waals surface area contributed by atoms with Crippen molar-refractivity contribution in [1.82, 2.24) is 20.3 Å². The average molecular weight is 304 g/mol. The lowest BCUT2D eigenvalue weighted by atomic mass is 10.0. The third-order valence-corrected chi connectivity index (χ3v) is 3.40. The van der Waals surface area contributed by atoms with Crippen molar-refractivity contribution in [3.8, 4) is 0 Å². The number of pyridine rings is 1. The van der Waals surface area contributed by atoms with Crippen LogP contribution >= 0.6 is 0 Å². The molecule has 5 nitrogen and oxygen atoms in total. The number of aryl methyl sites for hydroxylation is 1. The third kappa shape index (κ3) is 3.58. The number of amides is 1. The molecule has 1 N–H and O–H groups in total. The Morgan fingerprint density at radius 1 is 0.957 bits per heavy atom. The van der Waals surface area contributed by atoms with Crippen molar-refractivity contribution in [2.45, 2.75) is 13.0 Å². The van der Waals surface area contributed by atoms with Gasteiger partial charge in [-0.1, -0.05) is 36.4 Å². The summed E-state index contributed by atoms with van der Waals surface area (Å²) in [4.78, 5) is 25.1. The maximum Gasteiger partial charge on any atom is 0.270 e. The number of nitrogens with one attached hydrogen (secondary N) is 1. The Morgan fingerprint density at radius 3 is 2.43 bits per heavy atom. The molecule has 5 heteroatoms. The highest BCUT2D eigenvalue weighted by Crippen LogP contribution is 2.20. The van der Waals surface area contributed by atoms with Gasteiger partial charge in [0.05, 0.1) is 11.7 Å². The second-order valence-electron chi connectivity index (χ2n) is 5.06. The van der Waals surface area contributed by atoms with E-state index in [9.17, 15) is 4.79 Å². The first-order valence-electron chi connectivity index (χ1n) is 7.30. The molecule has 0 saturated carbocycles. The zero-order valence-corrected chi connectivity index (χ0v) is 12.7. The van der Waals surface area contributed by atoms with E-state index in [0.29, 0.717) is 11.5 Å². The van der Waals surface area contributed by atoms with Crippen LogP contribution < -0.4 is 5.32 Å². The number of hydrogen-bond acceptors (Lipinski definition) is 4. The molecule has 0 aliphatic rings. The van der Waals surface area contributed by atoms with E-state index in [4.69, 9.17) is 0 Å². The molecule has 2 heterocycles. The molecule has 0 aliphatic heterocycles. The van der Waals surface area contributed by atoms with Crippen molar-refractivity contribution in [1.29, 1.82) is 0 Å². The number of nitrogens with zero attached hydrogens (tertiary/aromatic N) is 3. The summed E-state index contributed by atoms with van der Waals surface area (Å²) in [5.41, 5.74) is 2.08. The van der Waals surface area contributed by atoms with Gasteiger partial charge in [0.25, 0.3) is 5.91 Å². The van der Waals surface area contributed by atoms with E-state index in [1.54, 1.807) is 25.4 Å². The Morgan fingerprint density at radius 2 is 1.74 bits per heavy atom. The summed E-state index contributed by atoms with van der Waals surface area (Å²) in [6.45, 7) is 1.75. The number of carbonyl (C=O) groups is 1. The van der Waals surface area contributed by atoms with Crippen LogP contribution in [-0.4, -0.2) is 20.9 Å². The van der Waals surface area contributed by atoms with Crippen molar-refractivity contribution in [2.24, 2.45) is 0 Å². The average Bonchev–Trinajstić information content (AvgIpc) is 2.61. The topological polar surface area (TPSA) is 67.8 Å². The summed E-state index contributed by atoms with van der Waals surface area (Å²) in [6, 6.07) is 16.6. The van der Waals surface area contributed by atoms with E-state index in [0.717, 1.165) is 11.3 Å². The van der Waals surface area contributed by atoms with Gasteiger partial charge in [0.15, 0.2) is 0 Å². The largest absolute Gasteiger partial charge is 0.338 e. The van der Waals surface area contributed by atoms with Crippen LogP contribution in [0.2, 0.25) is 0 Å². The number of aromatic nitrogens is 3. The molecule has 3 rings (SSSR count). The van der Waals surface area contributed by atoms with Gasteiger partial charge in [0, 0.05) is 12.4 Å². The fraction of sp³-hybridized carbons (Fsp3) is 0.111. The summed E-state index contributed by atoms with van der Waals surface area (Å²) >= 11 is 0. The van der Waals surface area contributed by atoms with Gasteiger partial charge in [0.2, 0.25) is 0 Å². The molecule has 114 valence electrons. The molecule has 1 atom stereocenters. The van der Waals surface area contributed by atoms with E-state index >= 15 is 0 Å². The van der Waals surface area contributed by atoms with Crippen LogP contribution in [0, 0.1) is 6.92 Å².